The molecule has 0 saturated heterocycles. The fraction of sp³-hybridized carbons (Fsp3) is 0.0250. The van der Waals surface area contributed by atoms with E-state index >= 15 is 0 Å². The average molecular weight is 580 g/mol. The molecule has 0 atom stereocenters. The van der Waals surface area contributed by atoms with Gasteiger partial charge in [0.2, 0.25) is 0 Å². The Morgan fingerprint density at radius 2 is 1.07 bits per heavy atom. The van der Waals surface area contributed by atoms with Crippen LogP contribution in [0.2, 0.25) is 0 Å². The largest absolute Gasteiger partial charge is 0.488 e. The van der Waals surface area contributed by atoms with Crippen molar-refractivity contribution in [2.75, 3.05) is 0 Å². The van der Waals surface area contributed by atoms with Crippen LogP contribution in [0.4, 0.5) is 0 Å². The lowest BCUT2D eigenvalue weighted by Gasteiger charge is -2.23. The summed E-state index contributed by atoms with van der Waals surface area (Å²) in [7, 11) is 0. The van der Waals surface area contributed by atoms with Gasteiger partial charge in [-0.1, -0.05) is 121 Å². The van der Waals surface area contributed by atoms with Crippen LogP contribution in [0.5, 0.6) is 5.75 Å². The van der Waals surface area contributed by atoms with Crippen LogP contribution >= 0.6 is 0 Å². The van der Waals surface area contributed by atoms with Crippen molar-refractivity contribution in [2.45, 2.75) is 6.61 Å². The summed E-state index contributed by atoms with van der Waals surface area (Å²) in [5.74, 6) is 2.54. The Balaban J connectivity index is 1.27. The van der Waals surface area contributed by atoms with E-state index in [1.807, 2.05) is 54.6 Å². The minimum absolute atomic E-state index is 0.530. The van der Waals surface area contributed by atoms with E-state index in [0.29, 0.717) is 24.1 Å². The number of ether oxygens (including phenoxy) is 1. The summed E-state index contributed by atoms with van der Waals surface area (Å²) < 4.78 is 12.6. The average Bonchev–Trinajstić information content (AvgIpc) is 3.50. The monoisotopic (exact) mass is 579 g/mol. The summed E-state index contributed by atoms with van der Waals surface area (Å²) in [5.41, 5.74) is 9.74. The topological polar surface area (TPSA) is 61.0 Å². The molecule has 0 spiro atoms. The predicted octanol–water partition coefficient (Wildman–Crippen LogP) is 10.00. The molecule has 9 rings (SSSR count). The van der Waals surface area contributed by atoms with Gasteiger partial charge in [0.05, 0.1) is 5.56 Å². The van der Waals surface area contributed by atoms with E-state index in [2.05, 4.69) is 84.9 Å². The highest BCUT2D eigenvalue weighted by molar-refractivity contribution is 6.09. The number of hydrogen-bond donors (Lipinski definition) is 0. The van der Waals surface area contributed by atoms with Crippen LogP contribution in [0.15, 0.2) is 144 Å². The van der Waals surface area contributed by atoms with E-state index < -0.39 is 0 Å². The molecule has 5 heteroatoms. The number of rotatable bonds is 4. The zero-order valence-corrected chi connectivity index (χ0v) is 24.1. The molecule has 6 aromatic carbocycles. The maximum atomic E-state index is 6.41. The van der Waals surface area contributed by atoms with Crippen molar-refractivity contribution in [3.63, 3.8) is 0 Å². The number of aromatic nitrogens is 3. The minimum atomic E-state index is 0.530. The van der Waals surface area contributed by atoms with Crippen LogP contribution in [0.1, 0.15) is 5.56 Å². The van der Waals surface area contributed by atoms with Gasteiger partial charge in [-0.2, -0.15) is 0 Å². The first kappa shape index (κ1) is 25.4. The Kier molecular flexibility index (Phi) is 5.81. The van der Waals surface area contributed by atoms with Crippen molar-refractivity contribution in [3.05, 3.63) is 145 Å². The molecule has 8 aromatic rings. The summed E-state index contributed by atoms with van der Waals surface area (Å²) in [4.78, 5) is 15.3. The molecule has 1 aliphatic heterocycles. The van der Waals surface area contributed by atoms with Gasteiger partial charge in [0.25, 0.3) is 0 Å². The second kappa shape index (κ2) is 10.3. The highest BCUT2D eigenvalue weighted by atomic mass is 16.5. The predicted molar refractivity (Wildman–Crippen MR) is 179 cm³/mol. The quantitative estimate of drug-likeness (QED) is 0.208. The number of nitrogens with zero attached hydrogens (tertiary/aromatic N) is 3. The Hall–Kier alpha value is -6.07. The Morgan fingerprint density at radius 3 is 1.96 bits per heavy atom. The smallest absolute Gasteiger partial charge is 0.167 e. The van der Waals surface area contributed by atoms with Gasteiger partial charge in [-0.25, -0.2) is 15.0 Å². The minimum Gasteiger partial charge on any atom is -0.488 e. The van der Waals surface area contributed by atoms with Crippen molar-refractivity contribution in [1.82, 2.24) is 15.0 Å². The molecule has 0 bridgehead atoms. The second-order valence-corrected chi connectivity index (χ2v) is 11.2. The van der Waals surface area contributed by atoms with E-state index in [-0.39, 0.29) is 0 Å². The standard InChI is InChI=1S/C40H25N3O2/c1-2-10-25(11-3-1)26-20-22-27(23-21-26)38-41-39(32-16-9-19-35-36(32)29-13-5-4-12-28(29)24-44-35)43-40(42-38)33-17-8-15-31-30-14-6-7-18-34(30)45-37(31)33/h1-23H,24H2. The Labute approximate surface area is 259 Å². The zero-order chi connectivity index (χ0) is 29.7. The SMILES string of the molecule is c1ccc(-c2ccc(-c3nc(-c4cccc5c4-c4ccccc4CO5)nc(-c4cccc5c4oc4ccccc45)n3)cc2)cc1. The summed E-state index contributed by atoms with van der Waals surface area (Å²) in [6, 6.07) is 47.4. The van der Waals surface area contributed by atoms with E-state index in [4.69, 9.17) is 24.1 Å². The van der Waals surface area contributed by atoms with Crippen LogP contribution in [-0.2, 0) is 6.61 Å². The molecule has 0 aliphatic carbocycles. The van der Waals surface area contributed by atoms with Crippen LogP contribution in [-0.4, -0.2) is 15.0 Å². The van der Waals surface area contributed by atoms with E-state index in [0.717, 1.165) is 72.2 Å². The van der Waals surface area contributed by atoms with Crippen molar-refractivity contribution in [2.24, 2.45) is 0 Å². The first-order valence-corrected chi connectivity index (χ1v) is 15.0. The molecule has 1 aliphatic rings. The summed E-state index contributed by atoms with van der Waals surface area (Å²) in [6.07, 6.45) is 0. The molecule has 0 saturated carbocycles. The fourth-order valence-electron chi connectivity index (χ4n) is 6.27. The van der Waals surface area contributed by atoms with Crippen LogP contribution < -0.4 is 4.74 Å². The van der Waals surface area contributed by atoms with Gasteiger partial charge in [-0.05, 0) is 40.5 Å². The summed E-state index contributed by atoms with van der Waals surface area (Å²) in [5, 5.41) is 2.09. The first-order valence-electron chi connectivity index (χ1n) is 15.0. The third kappa shape index (κ3) is 4.28. The third-order valence-corrected chi connectivity index (χ3v) is 8.47. The molecule has 3 heterocycles. The second-order valence-electron chi connectivity index (χ2n) is 11.2. The fourth-order valence-corrected chi connectivity index (χ4v) is 6.27. The van der Waals surface area contributed by atoms with Crippen LogP contribution in [0, 0.1) is 0 Å². The van der Waals surface area contributed by atoms with Gasteiger partial charge in [-0.15, -0.1) is 0 Å². The maximum absolute atomic E-state index is 6.41. The lowest BCUT2D eigenvalue weighted by atomic mass is 9.92. The number of hydrogen-bond acceptors (Lipinski definition) is 5. The van der Waals surface area contributed by atoms with Crippen molar-refractivity contribution >= 4 is 21.9 Å². The third-order valence-electron chi connectivity index (χ3n) is 8.47. The molecule has 0 N–H and O–H groups in total. The molecule has 2 aromatic heterocycles. The van der Waals surface area contributed by atoms with Crippen LogP contribution in [0.25, 0.3) is 78.4 Å². The van der Waals surface area contributed by atoms with E-state index in [1.54, 1.807) is 0 Å². The van der Waals surface area contributed by atoms with Gasteiger partial charge in [0, 0.05) is 27.5 Å². The molecule has 212 valence electrons. The van der Waals surface area contributed by atoms with Gasteiger partial charge < -0.3 is 9.15 Å². The molecule has 0 radical (unpaired) electrons. The lowest BCUT2D eigenvalue weighted by Crippen LogP contribution is -2.07. The molecule has 0 amide bonds. The summed E-state index contributed by atoms with van der Waals surface area (Å²) >= 11 is 0. The highest BCUT2D eigenvalue weighted by Gasteiger charge is 2.24. The molecule has 0 fully saturated rings. The van der Waals surface area contributed by atoms with Crippen molar-refractivity contribution in [1.29, 1.82) is 0 Å². The Bertz CT molecular complexity index is 2380. The van der Waals surface area contributed by atoms with Gasteiger partial charge in [0.1, 0.15) is 23.5 Å². The first-order chi connectivity index (χ1) is 22.3. The molecular weight excluding hydrogens is 554 g/mol. The zero-order valence-electron chi connectivity index (χ0n) is 24.1. The Morgan fingerprint density at radius 1 is 0.444 bits per heavy atom. The lowest BCUT2D eigenvalue weighted by molar-refractivity contribution is 0.302. The summed E-state index contributed by atoms with van der Waals surface area (Å²) in [6.45, 7) is 0.530. The number of benzene rings is 6. The van der Waals surface area contributed by atoms with Crippen molar-refractivity contribution < 1.29 is 9.15 Å². The number of furan rings is 1. The molecule has 5 nitrogen and oxygen atoms in total. The van der Waals surface area contributed by atoms with E-state index in [9.17, 15) is 0 Å². The van der Waals surface area contributed by atoms with E-state index in [1.165, 1.54) is 0 Å². The van der Waals surface area contributed by atoms with Gasteiger partial charge >= 0.3 is 0 Å². The van der Waals surface area contributed by atoms with Crippen LogP contribution in [0.3, 0.4) is 0 Å². The normalized spacial score (nSPS) is 12.1. The molecule has 0 unspecified atom stereocenters. The maximum Gasteiger partial charge on any atom is 0.167 e. The number of fused-ring (bicyclic) bond motifs is 6. The molecule has 45 heavy (non-hydrogen) atoms. The number of para-hydroxylation sites is 2. The van der Waals surface area contributed by atoms with Gasteiger partial charge in [-0.3, -0.25) is 0 Å². The molecular formula is C40H25N3O2. The van der Waals surface area contributed by atoms with Crippen molar-refractivity contribution in [3.8, 4) is 62.2 Å². The highest BCUT2D eigenvalue weighted by Crippen LogP contribution is 2.44. The van der Waals surface area contributed by atoms with Gasteiger partial charge in [0.15, 0.2) is 17.5 Å².